The molecule has 3 aromatic rings. The number of ether oxygens (including phenoxy) is 1. The van der Waals surface area contributed by atoms with Crippen molar-refractivity contribution in [2.24, 2.45) is 0 Å². The molecule has 0 radical (unpaired) electrons. The van der Waals surface area contributed by atoms with Gasteiger partial charge in [0.1, 0.15) is 11.6 Å². The lowest BCUT2D eigenvalue weighted by atomic mass is 10.1. The van der Waals surface area contributed by atoms with Crippen molar-refractivity contribution in [2.75, 3.05) is 31.6 Å². The molecule has 0 saturated carbocycles. The van der Waals surface area contributed by atoms with Gasteiger partial charge in [-0.25, -0.2) is 9.78 Å². The minimum Gasteiger partial charge on any atom is -0.497 e. The van der Waals surface area contributed by atoms with Crippen LogP contribution < -0.4 is 15.0 Å². The van der Waals surface area contributed by atoms with Crippen LogP contribution >= 0.6 is 11.5 Å². The van der Waals surface area contributed by atoms with E-state index in [1.54, 1.807) is 7.11 Å². The second-order valence-corrected chi connectivity index (χ2v) is 8.38. The second kappa shape index (κ2) is 9.78. The molecule has 8 heteroatoms. The summed E-state index contributed by atoms with van der Waals surface area (Å²) in [6, 6.07) is 18.0. The molecule has 1 N–H and O–H groups in total. The van der Waals surface area contributed by atoms with E-state index in [-0.39, 0.29) is 12.1 Å². The smallest absolute Gasteiger partial charge is 0.318 e. The molecule has 1 saturated heterocycles. The van der Waals surface area contributed by atoms with Crippen molar-refractivity contribution in [1.82, 2.24) is 19.6 Å². The van der Waals surface area contributed by atoms with Crippen LogP contribution in [0.25, 0.3) is 0 Å². The predicted octanol–water partition coefficient (Wildman–Crippen LogP) is 3.56. The van der Waals surface area contributed by atoms with E-state index in [0.29, 0.717) is 19.5 Å². The van der Waals surface area contributed by atoms with Crippen LogP contribution in [0.2, 0.25) is 0 Å². The minimum absolute atomic E-state index is 0.0213. The molecule has 2 heterocycles. The Labute approximate surface area is 186 Å². The molecule has 1 aromatic heterocycles. The summed E-state index contributed by atoms with van der Waals surface area (Å²) in [5.74, 6) is 1.65. The van der Waals surface area contributed by atoms with Crippen molar-refractivity contribution in [3.8, 4) is 5.75 Å². The first-order chi connectivity index (χ1) is 15.1. The van der Waals surface area contributed by atoms with E-state index in [1.165, 1.54) is 11.5 Å². The van der Waals surface area contributed by atoms with Crippen LogP contribution in [0.1, 0.15) is 23.9 Å². The molecule has 1 atom stereocenters. The highest BCUT2D eigenvalue weighted by molar-refractivity contribution is 7.09. The van der Waals surface area contributed by atoms with Crippen molar-refractivity contribution in [3.05, 3.63) is 71.5 Å². The largest absolute Gasteiger partial charge is 0.497 e. The van der Waals surface area contributed by atoms with Gasteiger partial charge < -0.3 is 19.9 Å². The lowest BCUT2D eigenvalue weighted by Crippen LogP contribution is -2.56. The summed E-state index contributed by atoms with van der Waals surface area (Å²) in [6.45, 7) is 4.76. The summed E-state index contributed by atoms with van der Waals surface area (Å²) in [4.78, 5) is 21.5. The zero-order valence-electron chi connectivity index (χ0n) is 17.8. The SMILES string of the molecule is COc1cccc(Cc2nsc(N3CCN(C(=O)NCc4ccccc4)C(C)C3)n2)c1. The Morgan fingerprint density at radius 2 is 1.97 bits per heavy atom. The average Bonchev–Trinajstić information content (AvgIpc) is 3.26. The third-order valence-corrected chi connectivity index (χ3v) is 6.21. The van der Waals surface area contributed by atoms with Gasteiger partial charge in [-0.2, -0.15) is 4.37 Å². The quantitative estimate of drug-likeness (QED) is 0.639. The molecule has 0 spiro atoms. The van der Waals surface area contributed by atoms with E-state index < -0.39 is 0 Å². The van der Waals surface area contributed by atoms with Crippen LogP contribution in [0, 0.1) is 0 Å². The number of hydrogen-bond donors (Lipinski definition) is 1. The summed E-state index contributed by atoms with van der Waals surface area (Å²) in [6.07, 6.45) is 0.672. The Balaban J connectivity index is 1.32. The van der Waals surface area contributed by atoms with E-state index >= 15 is 0 Å². The summed E-state index contributed by atoms with van der Waals surface area (Å²) < 4.78 is 9.83. The van der Waals surface area contributed by atoms with Crippen LogP contribution in [-0.4, -0.2) is 53.1 Å². The van der Waals surface area contributed by atoms with Gasteiger partial charge in [0, 0.05) is 50.2 Å². The number of nitrogens with zero attached hydrogens (tertiary/aromatic N) is 4. The normalized spacial score (nSPS) is 16.3. The molecule has 0 aliphatic carbocycles. The van der Waals surface area contributed by atoms with Gasteiger partial charge in [-0.3, -0.25) is 0 Å². The number of carbonyl (C=O) groups excluding carboxylic acids is 1. The number of rotatable bonds is 6. The molecule has 4 rings (SSSR count). The number of piperazine rings is 1. The maximum atomic E-state index is 12.6. The number of hydrogen-bond acceptors (Lipinski definition) is 6. The van der Waals surface area contributed by atoms with Gasteiger partial charge in [0.05, 0.1) is 7.11 Å². The third-order valence-electron chi connectivity index (χ3n) is 5.40. The van der Waals surface area contributed by atoms with E-state index in [9.17, 15) is 4.79 Å². The Kier molecular flexibility index (Phi) is 6.66. The maximum absolute atomic E-state index is 12.6. The number of carbonyl (C=O) groups is 1. The number of aromatic nitrogens is 2. The van der Waals surface area contributed by atoms with Crippen molar-refractivity contribution in [1.29, 1.82) is 0 Å². The van der Waals surface area contributed by atoms with E-state index in [2.05, 4.69) is 27.6 Å². The Hall–Kier alpha value is -3.13. The fourth-order valence-corrected chi connectivity index (χ4v) is 4.44. The second-order valence-electron chi connectivity index (χ2n) is 7.65. The summed E-state index contributed by atoms with van der Waals surface area (Å²) in [5.41, 5.74) is 2.22. The van der Waals surface area contributed by atoms with Gasteiger partial charge >= 0.3 is 6.03 Å². The lowest BCUT2D eigenvalue weighted by molar-refractivity contribution is 0.171. The molecule has 31 heavy (non-hydrogen) atoms. The van der Waals surface area contributed by atoms with E-state index in [0.717, 1.165) is 40.9 Å². The van der Waals surface area contributed by atoms with Crippen LogP contribution in [-0.2, 0) is 13.0 Å². The van der Waals surface area contributed by atoms with Gasteiger partial charge in [0.25, 0.3) is 0 Å². The van der Waals surface area contributed by atoms with Crippen LogP contribution in [0.4, 0.5) is 9.93 Å². The van der Waals surface area contributed by atoms with Gasteiger partial charge in [0.2, 0.25) is 5.13 Å². The average molecular weight is 438 g/mol. The summed E-state index contributed by atoms with van der Waals surface area (Å²) >= 11 is 1.42. The van der Waals surface area contributed by atoms with Crippen LogP contribution in [0.3, 0.4) is 0 Å². The Bertz CT molecular complexity index is 1010. The number of benzene rings is 2. The molecular formula is C23H27N5O2S. The highest BCUT2D eigenvalue weighted by atomic mass is 32.1. The van der Waals surface area contributed by atoms with E-state index in [4.69, 9.17) is 9.72 Å². The monoisotopic (exact) mass is 437 g/mol. The number of methoxy groups -OCH3 is 1. The number of amides is 2. The first-order valence-electron chi connectivity index (χ1n) is 10.4. The molecule has 0 bridgehead atoms. The number of anilines is 1. The third kappa shape index (κ3) is 5.32. The van der Waals surface area contributed by atoms with Crippen molar-refractivity contribution in [2.45, 2.75) is 25.9 Å². The molecule has 1 unspecified atom stereocenters. The zero-order chi connectivity index (χ0) is 21.6. The van der Waals surface area contributed by atoms with Crippen LogP contribution in [0.5, 0.6) is 5.75 Å². The molecule has 1 fully saturated rings. The predicted molar refractivity (Wildman–Crippen MR) is 123 cm³/mol. The standard InChI is InChI=1S/C23H27N5O2S/c1-17-16-27(11-12-28(17)22(29)24-15-18-7-4-3-5-8-18)23-25-21(26-31-23)14-19-9-6-10-20(13-19)30-2/h3-10,13,17H,11-12,14-16H2,1-2H3,(H,24,29). The maximum Gasteiger partial charge on any atom is 0.318 e. The highest BCUT2D eigenvalue weighted by Gasteiger charge is 2.29. The summed E-state index contributed by atoms with van der Waals surface area (Å²) in [5, 5.41) is 3.94. The van der Waals surface area contributed by atoms with Gasteiger partial charge in [-0.05, 0) is 30.2 Å². The molecule has 7 nitrogen and oxygen atoms in total. The van der Waals surface area contributed by atoms with Gasteiger partial charge in [-0.15, -0.1) is 0 Å². The molecular weight excluding hydrogens is 410 g/mol. The van der Waals surface area contributed by atoms with Crippen molar-refractivity contribution >= 4 is 22.7 Å². The van der Waals surface area contributed by atoms with Gasteiger partial charge in [-0.1, -0.05) is 42.5 Å². The molecule has 2 amide bonds. The fraction of sp³-hybridized carbons (Fsp3) is 0.348. The Morgan fingerprint density at radius 3 is 2.74 bits per heavy atom. The van der Waals surface area contributed by atoms with Crippen molar-refractivity contribution in [3.63, 3.8) is 0 Å². The first kappa shape index (κ1) is 21.1. The fourth-order valence-electron chi connectivity index (χ4n) is 3.72. The number of nitrogens with one attached hydrogen (secondary N) is 1. The molecule has 2 aromatic carbocycles. The first-order valence-corrected chi connectivity index (χ1v) is 11.2. The van der Waals surface area contributed by atoms with E-state index in [1.807, 2.05) is 53.4 Å². The molecule has 1 aliphatic rings. The van der Waals surface area contributed by atoms with Crippen LogP contribution in [0.15, 0.2) is 54.6 Å². The minimum atomic E-state index is -0.0213. The van der Waals surface area contributed by atoms with Crippen molar-refractivity contribution < 1.29 is 9.53 Å². The molecule has 1 aliphatic heterocycles. The summed E-state index contributed by atoms with van der Waals surface area (Å²) in [7, 11) is 1.67. The lowest BCUT2D eigenvalue weighted by Gasteiger charge is -2.39. The topological polar surface area (TPSA) is 70.6 Å². The zero-order valence-corrected chi connectivity index (χ0v) is 18.6. The molecule has 162 valence electrons. The highest BCUT2D eigenvalue weighted by Crippen LogP contribution is 2.23. The number of urea groups is 1. The van der Waals surface area contributed by atoms with Gasteiger partial charge in [0.15, 0.2) is 0 Å². The Morgan fingerprint density at radius 1 is 1.16 bits per heavy atom.